The van der Waals surface area contributed by atoms with Gasteiger partial charge in [-0.05, 0) is 79.9 Å². The lowest BCUT2D eigenvalue weighted by atomic mass is 9.88. The molecule has 2 aliphatic heterocycles. The van der Waals surface area contributed by atoms with Crippen LogP contribution in [0.3, 0.4) is 0 Å². The minimum atomic E-state index is -0.279. The van der Waals surface area contributed by atoms with Crippen LogP contribution >= 0.6 is 23.4 Å². The fourth-order valence-corrected chi connectivity index (χ4v) is 5.44. The maximum absolute atomic E-state index is 13.0. The van der Waals surface area contributed by atoms with E-state index in [4.69, 9.17) is 11.6 Å². The van der Waals surface area contributed by atoms with E-state index in [1.807, 2.05) is 30.3 Å². The Morgan fingerprint density at radius 1 is 1.12 bits per heavy atom. The number of anilines is 1. The molecule has 0 N–H and O–H groups in total. The lowest BCUT2D eigenvalue weighted by Crippen LogP contribution is -2.45. The Balaban J connectivity index is 1.62. The number of fused-ring (bicyclic) bond motifs is 1. The van der Waals surface area contributed by atoms with Gasteiger partial charge in [-0.25, -0.2) is 0 Å². The average molecular weight is 467 g/mol. The van der Waals surface area contributed by atoms with E-state index in [0.717, 1.165) is 35.9 Å². The molecule has 0 aromatic heterocycles. The molecule has 1 fully saturated rings. The molecular formula is C26H27ClN2O2S. The van der Waals surface area contributed by atoms with Crippen molar-refractivity contribution in [1.29, 1.82) is 0 Å². The van der Waals surface area contributed by atoms with Gasteiger partial charge in [0.05, 0.1) is 17.0 Å². The summed E-state index contributed by atoms with van der Waals surface area (Å²) in [6.07, 6.45) is 5.18. The molecule has 32 heavy (non-hydrogen) atoms. The number of allylic oxidation sites excluding steroid dienone is 1. The van der Waals surface area contributed by atoms with Crippen LogP contribution in [-0.4, -0.2) is 28.1 Å². The van der Waals surface area contributed by atoms with Gasteiger partial charge in [0.15, 0.2) is 0 Å². The second kappa shape index (κ2) is 8.80. The fourth-order valence-electron chi connectivity index (χ4n) is 4.41. The number of carbonyl (C=O) groups is 2. The largest absolute Gasteiger partial charge is 0.362 e. The van der Waals surface area contributed by atoms with Crippen molar-refractivity contribution in [3.63, 3.8) is 0 Å². The Morgan fingerprint density at radius 2 is 1.88 bits per heavy atom. The number of carbonyl (C=O) groups excluding carboxylic acids is 2. The first-order chi connectivity index (χ1) is 15.2. The van der Waals surface area contributed by atoms with Crippen LogP contribution in [0.4, 0.5) is 10.5 Å². The number of benzene rings is 2. The number of nitrogens with zero attached hydrogens (tertiary/aromatic N) is 2. The van der Waals surface area contributed by atoms with E-state index in [9.17, 15) is 9.59 Å². The molecule has 2 aromatic carbocycles. The van der Waals surface area contributed by atoms with Crippen LogP contribution in [0, 0.1) is 0 Å². The van der Waals surface area contributed by atoms with Gasteiger partial charge in [-0.3, -0.25) is 14.5 Å². The highest BCUT2D eigenvalue weighted by atomic mass is 35.5. The fraction of sp³-hybridized carbons (Fsp3) is 0.308. The zero-order valence-corrected chi connectivity index (χ0v) is 20.4. The predicted octanol–water partition coefficient (Wildman–Crippen LogP) is 6.99. The van der Waals surface area contributed by atoms with Crippen molar-refractivity contribution >= 4 is 51.8 Å². The highest BCUT2D eigenvalue weighted by molar-refractivity contribution is 8.18. The van der Waals surface area contributed by atoms with E-state index in [2.05, 4.69) is 50.8 Å². The Labute approximate surface area is 198 Å². The van der Waals surface area contributed by atoms with Crippen molar-refractivity contribution in [3.05, 3.63) is 75.2 Å². The Hall–Kier alpha value is -2.50. The zero-order valence-electron chi connectivity index (χ0n) is 18.8. The van der Waals surface area contributed by atoms with Gasteiger partial charge in [-0.1, -0.05) is 48.9 Å². The molecule has 2 aromatic rings. The molecule has 0 radical (unpaired) electrons. The van der Waals surface area contributed by atoms with Gasteiger partial charge in [0, 0.05) is 22.8 Å². The Bertz CT molecular complexity index is 1150. The number of rotatable bonds is 5. The molecule has 6 heteroatoms. The van der Waals surface area contributed by atoms with Crippen molar-refractivity contribution < 1.29 is 9.59 Å². The molecule has 2 aliphatic rings. The summed E-state index contributed by atoms with van der Waals surface area (Å²) < 4.78 is 0. The molecule has 1 saturated heterocycles. The average Bonchev–Trinajstić information content (AvgIpc) is 3.00. The van der Waals surface area contributed by atoms with E-state index in [0.29, 0.717) is 9.93 Å². The number of halogens is 1. The van der Waals surface area contributed by atoms with Crippen LogP contribution in [0.15, 0.2) is 53.4 Å². The summed E-state index contributed by atoms with van der Waals surface area (Å²) in [6, 6.07) is 13.5. The Kier molecular flexibility index (Phi) is 6.24. The monoisotopic (exact) mass is 466 g/mol. The first-order valence-electron chi connectivity index (χ1n) is 10.8. The summed E-state index contributed by atoms with van der Waals surface area (Å²) in [5.41, 5.74) is 5.22. The Morgan fingerprint density at radius 3 is 2.59 bits per heavy atom. The molecule has 166 valence electrons. The van der Waals surface area contributed by atoms with Crippen molar-refractivity contribution in [2.75, 3.05) is 11.4 Å². The summed E-state index contributed by atoms with van der Waals surface area (Å²) in [4.78, 5) is 29.6. The van der Waals surface area contributed by atoms with Gasteiger partial charge >= 0.3 is 0 Å². The maximum Gasteiger partial charge on any atom is 0.293 e. The van der Waals surface area contributed by atoms with Gasteiger partial charge in [0.1, 0.15) is 0 Å². The number of amides is 2. The first-order valence-corrected chi connectivity index (χ1v) is 12.0. The highest BCUT2D eigenvalue weighted by Crippen LogP contribution is 2.40. The summed E-state index contributed by atoms with van der Waals surface area (Å²) in [6.45, 7) is 9.94. The molecule has 0 bridgehead atoms. The standard InChI is InChI=1S/C26H27ClN2O2S/c1-5-12-29-22-11-10-18(13-20(22)17(2)15-26(29,3)4)14-23-24(30)28(25(31)32-23)16-19-8-6-7-9-21(19)27/h6-11,13-15H,5,12,16H2,1-4H3/b23-14+. The van der Waals surface area contributed by atoms with E-state index in [-0.39, 0.29) is 23.2 Å². The maximum atomic E-state index is 13.0. The third-order valence-electron chi connectivity index (χ3n) is 5.91. The van der Waals surface area contributed by atoms with E-state index >= 15 is 0 Å². The number of thioether (sulfide) groups is 1. The van der Waals surface area contributed by atoms with Crippen LogP contribution in [0.5, 0.6) is 0 Å². The van der Waals surface area contributed by atoms with E-state index < -0.39 is 0 Å². The zero-order chi connectivity index (χ0) is 23.0. The molecule has 0 spiro atoms. The smallest absolute Gasteiger partial charge is 0.293 e. The molecule has 4 rings (SSSR count). The molecule has 4 nitrogen and oxygen atoms in total. The van der Waals surface area contributed by atoms with Crippen molar-refractivity contribution in [3.8, 4) is 0 Å². The summed E-state index contributed by atoms with van der Waals surface area (Å²) in [5.74, 6) is -0.279. The molecule has 2 heterocycles. The third-order valence-corrected chi connectivity index (χ3v) is 7.18. The molecule has 0 atom stereocenters. The molecule has 0 aliphatic carbocycles. The quantitative estimate of drug-likeness (QED) is 0.445. The van der Waals surface area contributed by atoms with E-state index in [1.54, 1.807) is 6.07 Å². The minimum Gasteiger partial charge on any atom is -0.362 e. The molecular weight excluding hydrogens is 440 g/mol. The van der Waals surface area contributed by atoms with Crippen molar-refractivity contribution in [1.82, 2.24) is 4.90 Å². The van der Waals surface area contributed by atoms with Crippen LogP contribution in [0.1, 0.15) is 50.8 Å². The topological polar surface area (TPSA) is 40.6 Å². The highest BCUT2D eigenvalue weighted by Gasteiger charge is 2.35. The van der Waals surface area contributed by atoms with Gasteiger partial charge in [-0.15, -0.1) is 0 Å². The molecule has 0 unspecified atom stereocenters. The van der Waals surface area contributed by atoms with Crippen LogP contribution in [0.2, 0.25) is 5.02 Å². The SMILES string of the molecule is CCCN1c2ccc(/C=C3/SC(=O)N(Cc4ccccc4Cl)C3=O)cc2C(C)=CC1(C)C. The number of hydrogen-bond donors (Lipinski definition) is 0. The molecule has 0 saturated carbocycles. The summed E-state index contributed by atoms with van der Waals surface area (Å²) in [5, 5.41) is 0.276. The second-order valence-corrected chi connectivity index (χ2v) is 10.2. The van der Waals surface area contributed by atoms with E-state index in [1.165, 1.54) is 21.7 Å². The summed E-state index contributed by atoms with van der Waals surface area (Å²) in [7, 11) is 0. The van der Waals surface area contributed by atoms with Crippen LogP contribution in [-0.2, 0) is 11.3 Å². The van der Waals surface area contributed by atoms with Gasteiger partial charge < -0.3 is 4.90 Å². The lowest BCUT2D eigenvalue weighted by Gasteiger charge is -2.43. The minimum absolute atomic E-state index is 0.0457. The normalized spacial score (nSPS) is 18.9. The lowest BCUT2D eigenvalue weighted by molar-refractivity contribution is -0.123. The van der Waals surface area contributed by atoms with Gasteiger partial charge in [0.2, 0.25) is 0 Å². The summed E-state index contributed by atoms with van der Waals surface area (Å²) >= 11 is 7.20. The molecule has 2 amide bonds. The number of hydrogen-bond acceptors (Lipinski definition) is 4. The number of imide groups is 1. The van der Waals surface area contributed by atoms with Crippen LogP contribution < -0.4 is 4.90 Å². The third kappa shape index (κ3) is 4.24. The predicted molar refractivity (Wildman–Crippen MR) is 135 cm³/mol. The van der Waals surface area contributed by atoms with Gasteiger partial charge in [-0.2, -0.15) is 0 Å². The second-order valence-electron chi connectivity index (χ2n) is 8.77. The van der Waals surface area contributed by atoms with Crippen LogP contribution in [0.25, 0.3) is 11.6 Å². The van der Waals surface area contributed by atoms with Crippen molar-refractivity contribution in [2.45, 2.75) is 46.2 Å². The first kappa shape index (κ1) is 22.7. The van der Waals surface area contributed by atoms with Gasteiger partial charge in [0.25, 0.3) is 11.1 Å². The van der Waals surface area contributed by atoms with Crippen molar-refractivity contribution in [2.24, 2.45) is 0 Å².